The molecule has 0 bridgehead atoms. The molecule has 1 fully saturated rings. The zero-order valence-electron chi connectivity index (χ0n) is 12.8. The Kier molecular flexibility index (Phi) is 3.34. The Bertz CT molecular complexity index is 699. The highest BCUT2D eigenvalue weighted by atomic mass is 16.5. The number of rotatable bonds is 1. The van der Waals surface area contributed by atoms with Crippen LogP contribution in [0.5, 0.6) is 0 Å². The van der Waals surface area contributed by atoms with Gasteiger partial charge in [0.25, 0.3) is 5.82 Å². The van der Waals surface area contributed by atoms with E-state index in [1.807, 2.05) is 4.40 Å². The summed E-state index contributed by atoms with van der Waals surface area (Å²) in [6.07, 6.45) is 1.67. The first kappa shape index (κ1) is 13.9. The first-order chi connectivity index (χ1) is 10.0. The number of nitrogens with zero attached hydrogens (tertiary/aromatic N) is 4. The molecule has 110 valence electrons. The van der Waals surface area contributed by atoms with Gasteiger partial charge in [0, 0.05) is 24.7 Å². The van der Waals surface area contributed by atoms with E-state index in [4.69, 9.17) is 11.3 Å². The van der Waals surface area contributed by atoms with Crippen LogP contribution in [0.15, 0.2) is 18.3 Å². The molecule has 0 amide bonds. The van der Waals surface area contributed by atoms with Gasteiger partial charge in [-0.2, -0.15) is 0 Å². The van der Waals surface area contributed by atoms with Gasteiger partial charge in [-0.05, 0) is 11.5 Å². The first-order valence-corrected chi connectivity index (χ1v) is 7.23. The number of aromatic nitrogens is 2. The van der Waals surface area contributed by atoms with Gasteiger partial charge in [0.15, 0.2) is 5.82 Å². The molecule has 1 aliphatic heterocycles. The first-order valence-electron chi connectivity index (χ1n) is 7.23. The van der Waals surface area contributed by atoms with Gasteiger partial charge in [0.1, 0.15) is 0 Å². The van der Waals surface area contributed by atoms with E-state index in [0.29, 0.717) is 5.82 Å². The molecule has 3 heterocycles. The van der Waals surface area contributed by atoms with Gasteiger partial charge in [0.2, 0.25) is 5.65 Å². The summed E-state index contributed by atoms with van der Waals surface area (Å²) in [5, 5.41) is 0. The van der Waals surface area contributed by atoms with Gasteiger partial charge >= 0.3 is 0 Å². The van der Waals surface area contributed by atoms with E-state index in [9.17, 15) is 0 Å². The highest BCUT2D eigenvalue weighted by molar-refractivity contribution is 5.65. The van der Waals surface area contributed by atoms with Crippen LogP contribution in [-0.4, -0.2) is 35.7 Å². The van der Waals surface area contributed by atoms with Gasteiger partial charge in [-0.1, -0.05) is 27.3 Å². The predicted molar refractivity (Wildman–Crippen MR) is 83.2 cm³/mol. The molecule has 5 heteroatoms. The highest BCUT2D eigenvalue weighted by Crippen LogP contribution is 2.32. The van der Waals surface area contributed by atoms with Crippen LogP contribution < -0.4 is 4.90 Å². The molecule has 2 aromatic rings. The van der Waals surface area contributed by atoms with E-state index < -0.39 is 0 Å². The lowest BCUT2D eigenvalue weighted by Gasteiger charge is -2.28. The maximum atomic E-state index is 7.40. The molecule has 3 rings (SSSR count). The summed E-state index contributed by atoms with van der Waals surface area (Å²) >= 11 is 0. The number of morpholine rings is 1. The van der Waals surface area contributed by atoms with E-state index in [1.54, 1.807) is 6.20 Å². The van der Waals surface area contributed by atoms with Crippen LogP contribution in [0.1, 0.15) is 26.3 Å². The third-order valence-electron chi connectivity index (χ3n) is 3.87. The Morgan fingerprint density at radius 3 is 2.57 bits per heavy atom. The van der Waals surface area contributed by atoms with E-state index in [1.165, 1.54) is 0 Å². The van der Waals surface area contributed by atoms with Crippen LogP contribution in [-0.2, 0) is 10.2 Å². The maximum absolute atomic E-state index is 7.40. The number of hydrogen-bond acceptors (Lipinski definition) is 3. The zero-order chi connectivity index (χ0) is 15.0. The average molecular weight is 284 g/mol. The van der Waals surface area contributed by atoms with Crippen LogP contribution in [0.25, 0.3) is 10.5 Å². The van der Waals surface area contributed by atoms with Crippen molar-refractivity contribution in [2.75, 3.05) is 31.2 Å². The molecular weight excluding hydrogens is 264 g/mol. The Labute approximate surface area is 125 Å². The highest BCUT2D eigenvalue weighted by Gasteiger charge is 2.25. The molecule has 0 aromatic carbocycles. The number of pyridine rings is 1. The van der Waals surface area contributed by atoms with Gasteiger partial charge in [0.05, 0.1) is 19.4 Å². The minimum Gasteiger partial charge on any atom is -0.378 e. The Morgan fingerprint density at radius 1 is 1.24 bits per heavy atom. The smallest absolute Gasteiger partial charge is 0.256 e. The zero-order valence-corrected chi connectivity index (χ0v) is 12.8. The fourth-order valence-corrected chi connectivity index (χ4v) is 2.77. The van der Waals surface area contributed by atoms with Crippen molar-refractivity contribution in [2.24, 2.45) is 0 Å². The molecule has 0 atom stereocenters. The molecule has 21 heavy (non-hydrogen) atoms. The van der Waals surface area contributed by atoms with Crippen LogP contribution in [0.4, 0.5) is 11.6 Å². The summed E-state index contributed by atoms with van der Waals surface area (Å²) in [4.78, 5) is 10.4. The van der Waals surface area contributed by atoms with Crippen molar-refractivity contribution in [1.29, 1.82) is 0 Å². The fourth-order valence-electron chi connectivity index (χ4n) is 2.77. The number of anilines is 1. The van der Waals surface area contributed by atoms with Gasteiger partial charge in [-0.15, -0.1) is 0 Å². The van der Waals surface area contributed by atoms with Gasteiger partial charge in [-0.3, -0.25) is 0 Å². The summed E-state index contributed by atoms with van der Waals surface area (Å²) in [6, 6.07) is 4.25. The monoisotopic (exact) mass is 284 g/mol. The lowest BCUT2D eigenvalue weighted by atomic mass is 9.87. The topological polar surface area (TPSA) is 34.1 Å². The molecule has 0 aliphatic carbocycles. The molecule has 1 saturated heterocycles. The quantitative estimate of drug-likeness (QED) is 0.755. The van der Waals surface area contributed by atoms with Crippen LogP contribution in [0, 0.1) is 6.57 Å². The lowest BCUT2D eigenvalue weighted by Crippen LogP contribution is -2.37. The molecule has 0 radical (unpaired) electrons. The van der Waals surface area contributed by atoms with Crippen molar-refractivity contribution in [2.45, 2.75) is 26.2 Å². The van der Waals surface area contributed by atoms with Crippen molar-refractivity contribution in [1.82, 2.24) is 9.38 Å². The SMILES string of the molecule is [C-]#[N+]c1cnc2c(C(C)(C)C)ccc(N3CCOCC3)n12. The normalized spacial score (nSPS) is 16.2. The number of hydrogen-bond donors (Lipinski definition) is 0. The van der Waals surface area contributed by atoms with Crippen LogP contribution >= 0.6 is 0 Å². The summed E-state index contributed by atoms with van der Waals surface area (Å²) < 4.78 is 7.41. The number of imidazole rings is 1. The summed E-state index contributed by atoms with van der Waals surface area (Å²) in [6.45, 7) is 17.1. The average Bonchev–Trinajstić information content (AvgIpc) is 2.90. The van der Waals surface area contributed by atoms with Gasteiger partial charge < -0.3 is 14.5 Å². The third kappa shape index (κ3) is 2.36. The summed E-state index contributed by atoms with van der Waals surface area (Å²) in [5.41, 5.74) is 2.04. The Balaban J connectivity index is 2.22. The van der Waals surface area contributed by atoms with Crippen LogP contribution in [0.2, 0.25) is 0 Å². The van der Waals surface area contributed by atoms with E-state index in [2.05, 4.69) is 47.6 Å². The summed E-state index contributed by atoms with van der Waals surface area (Å²) in [5.74, 6) is 1.60. The second-order valence-corrected chi connectivity index (χ2v) is 6.34. The van der Waals surface area contributed by atoms with E-state index in [-0.39, 0.29) is 5.41 Å². The largest absolute Gasteiger partial charge is 0.378 e. The van der Waals surface area contributed by atoms with Crippen LogP contribution in [0.3, 0.4) is 0 Å². The minimum absolute atomic E-state index is 0.00452. The van der Waals surface area contributed by atoms with Crippen molar-refractivity contribution in [3.05, 3.63) is 35.3 Å². The number of ether oxygens (including phenoxy) is 1. The minimum atomic E-state index is -0.00452. The second-order valence-electron chi connectivity index (χ2n) is 6.34. The molecule has 0 unspecified atom stereocenters. The Morgan fingerprint density at radius 2 is 1.95 bits per heavy atom. The van der Waals surface area contributed by atoms with Crippen molar-refractivity contribution in [3.8, 4) is 0 Å². The van der Waals surface area contributed by atoms with Crippen molar-refractivity contribution in [3.63, 3.8) is 0 Å². The summed E-state index contributed by atoms with van der Waals surface area (Å²) in [7, 11) is 0. The Hall–Kier alpha value is -2.06. The lowest BCUT2D eigenvalue weighted by molar-refractivity contribution is 0.122. The van der Waals surface area contributed by atoms with Crippen molar-refractivity contribution >= 4 is 17.3 Å². The van der Waals surface area contributed by atoms with Gasteiger partial charge in [-0.25, -0.2) is 9.38 Å². The number of fused-ring (bicyclic) bond motifs is 1. The molecule has 2 aromatic heterocycles. The molecular formula is C16H20N4O. The molecule has 0 N–H and O–H groups in total. The second kappa shape index (κ2) is 5.05. The molecule has 0 saturated carbocycles. The molecule has 1 aliphatic rings. The fraction of sp³-hybridized carbons (Fsp3) is 0.500. The molecule has 0 spiro atoms. The third-order valence-corrected chi connectivity index (χ3v) is 3.87. The van der Waals surface area contributed by atoms with Crippen molar-refractivity contribution < 1.29 is 4.74 Å². The predicted octanol–water partition coefficient (Wildman–Crippen LogP) is 3.02. The van der Waals surface area contributed by atoms with E-state index >= 15 is 0 Å². The van der Waals surface area contributed by atoms with E-state index in [0.717, 1.165) is 43.3 Å². The maximum Gasteiger partial charge on any atom is 0.256 e. The standard InChI is InChI=1S/C16H20N4O/c1-16(2,3)12-5-6-14(19-7-9-21-10-8-19)20-13(17-4)11-18-15(12)20/h5-6,11H,7-10H2,1-3H3. The molecule has 5 nitrogen and oxygen atoms in total.